The number of aromatic nitrogens is 1. The van der Waals surface area contributed by atoms with Crippen molar-refractivity contribution >= 4 is 11.8 Å². The lowest BCUT2D eigenvalue weighted by atomic mass is 10.2. The van der Waals surface area contributed by atoms with Gasteiger partial charge in [0.2, 0.25) is 5.88 Å². The van der Waals surface area contributed by atoms with E-state index in [-0.39, 0.29) is 5.60 Å². The molecule has 1 aliphatic carbocycles. The van der Waals surface area contributed by atoms with Crippen LogP contribution in [0, 0.1) is 0 Å². The molecule has 0 spiro atoms. The lowest BCUT2D eigenvalue weighted by Crippen LogP contribution is -2.23. The zero-order valence-corrected chi connectivity index (χ0v) is 11.6. The van der Waals surface area contributed by atoms with E-state index in [4.69, 9.17) is 9.47 Å². The SMILES string of the molecule is CSc1cnc(OC(C)(C)C)cc1OC1CC1. The van der Waals surface area contributed by atoms with E-state index in [1.807, 2.05) is 39.3 Å². The van der Waals surface area contributed by atoms with Gasteiger partial charge in [-0.05, 0) is 39.9 Å². The maximum absolute atomic E-state index is 5.86. The van der Waals surface area contributed by atoms with Crippen molar-refractivity contribution in [3.05, 3.63) is 12.3 Å². The molecular weight excluding hydrogens is 234 g/mol. The van der Waals surface area contributed by atoms with Gasteiger partial charge in [-0.25, -0.2) is 4.98 Å². The third-order valence-electron chi connectivity index (χ3n) is 2.26. The Balaban J connectivity index is 2.17. The molecular formula is C13H19NO2S. The van der Waals surface area contributed by atoms with Gasteiger partial charge < -0.3 is 9.47 Å². The molecule has 0 aliphatic heterocycles. The number of thioether (sulfide) groups is 1. The number of hydrogen-bond acceptors (Lipinski definition) is 4. The molecule has 1 saturated carbocycles. The average Bonchev–Trinajstić information content (AvgIpc) is 3.00. The third kappa shape index (κ3) is 3.80. The van der Waals surface area contributed by atoms with Gasteiger partial charge >= 0.3 is 0 Å². The summed E-state index contributed by atoms with van der Waals surface area (Å²) in [6.07, 6.45) is 6.56. The Labute approximate surface area is 107 Å². The van der Waals surface area contributed by atoms with E-state index in [0.717, 1.165) is 23.5 Å². The highest BCUT2D eigenvalue weighted by molar-refractivity contribution is 7.98. The lowest BCUT2D eigenvalue weighted by molar-refractivity contribution is 0.123. The van der Waals surface area contributed by atoms with E-state index < -0.39 is 0 Å². The molecule has 2 rings (SSSR count). The molecule has 0 aromatic carbocycles. The van der Waals surface area contributed by atoms with Crippen LogP contribution >= 0.6 is 11.8 Å². The van der Waals surface area contributed by atoms with E-state index in [1.165, 1.54) is 0 Å². The van der Waals surface area contributed by atoms with Crippen LogP contribution in [0.5, 0.6) is 11.6 Å². The normalized spacial score (nSPS) is 15.8. The molecule has 1 heterocycles. The maximum Gasteiger partial charge on any atom is 0.217 e. The van der Waals surface area contributed by atoms with Gasteiger partial charge in [-0.15, -0.1) is 11.8 Å². The Kier molecular flexibility index (Phi) is 3.52. The van der Waals surface area contributed by atoms with E-state index in [1.54, 1.807) is 11.8 Å². The highest BCUT2D eigenvalue weighted by atomic mass is 32.2. The van der Waals surface area contributed by atoms with Crippen LogP contribution in [0.15, 0.2) is 17.2 Å². The average molecular weight is 253 g/mol. The third-order valence-corrected chi connectivity index (χ3v) is 3.00. The minimum absolute atomic E-state index is 0.231. The minimum Gasteiger partial charge on any atom is -0.489 e. The summed E-state index contributed by atoms with van der Waals surface area (Å²) in [5.74, 6) is 1.53. The molecule has 0 atom stereocenters. The fraction of sp³-hybridized carbons (Fsp3) is 0.615. The number of ether oxygens (including phenoxy) is 2. The second kappa shape index (κ2) is 4.77. The van der Waals surface area contributed by atoms with Gasteiger partial charge in [-0.2, -0.15) is 0 Å². The first-order chi connectivity index (χ1) is 7.98. The molecule has 0 bridgehead atoms. The highest BCUT2D eigenvalue weighted by Gasteiger charge is 2.25. The fourth-order valence-corrected chi connectivity index (χ4v) is 1.85. The van der Waals surface area contributed by atoms with E-state index in [9.17, 15) is 0 Å². The molecule has 94 valence electrons. The Morgan fingerprint density at radius 3 is 2.59 bits per heavy atom. The smallest absolute Gasteiger partial charge is 0.217 e. The maximum atomic E-state index is 5.86. The first-order valence-corrected chi connectivity index (χ1v) is 7.10. The first-order valence-electron chi connectivity index (χ1n) is 5.87. The Morgan fingerprint density at radius 2 is 2.06 bits per heavy atom. The minimum atomic E-state index is -0.231. The quantitative estimate of drug-likeness (QED) is 0.768. The van der Waals surface area contributed by atoms with Gasteiger partial charge in [0, 0.05) is 12.3 Å². The molecule has 1 aliphatic rings. The van der Waals surface area contributed by atoms with Crippen LogP contribution in [-0.2, 0) is 0 Å². The summed E-state index contributed by atoms with van der Waals surface area (Å²) >= 11 is 1.65. The van der Waals surface area contributed by atoms with Crippen molar-refractivity contribution < 1.29 is 9.47 Å². The molecule has 17 heavy (non-hydrogen) atoms. The monoisotopic (exact) mass is 253 g/mol. The van der Waals surface area contributed by atoms with Gasteiger partial charge in [0.25, 0.3) is 0 Å². The standard InChI is InChI=1S/C13H19NO2S/c1-13(2,3)16-12-7-10(15-9-5-6-9)11(17-4)8-14-12/h7-9H,5-6H2,1-4H3. The molecule has 3 nitrogen and oxygen atoms in total. The second-order valence-electron chi connectivity index (χ2n) is 5.21. The molecule has 0 radical (unpaired) electrons. The summed E-state index contributed by atoms with van der Waals surface area (Å²) in [6, 6.07) is 1.90. The van der Waals surface area contributed by atoms with Crippen LogP contribution in [0.1, 0.15) is 33.6 Å². The number of pyridine rings is 1. The molecule has 1 aromatic rings. The topological polar surface area (TPSA) is 31.4 Å². The van der Waals surface area contributed by atoms with Crippen LogP contribution in [0.3, 0.4) is 0 Å². The molecule has 0 N–H and O–H groups in total. The van der Waals surface area contributed by atoms with Gasteiger partial charge in [0.15, 0.2) is 0 Å². The summed E-state index contributed by atoms with van der Waals surface area (Å²) in [5, 5.41) is 0. The van der Waals surface area contributed by atoms with Crippen LogP contribution < -0.4 is 9.47 Å². The predicted molar refractivity (Wildman–Crippen MR) is 70.0 cm³/mol. The van der Waals surface area contributed by atoms with Crippen molar-refractivity contribution in [3.63, 3.8) is 0 Å². The van der Waals surface area contributed by atoms with Crippen molar-refractivity contribution in [2.75, 3.05) is 6.26 Å². The number of hydrogen-bond donors (Lipinski definition) is 0. The summed E-state index contributed by atoms with van der Waals surface area (Å²) in [6.45, 7) is 6.04. The zero-order chi connectivity index (χ0) is 12.5. The zero-order valence-electron chi connectivity index (χ0n) is 10.8. The Bertz CT molecular complexity index is 397. The van der Waals surface area contributed by atoms with Gasteiger partial charge in [-0.3, -0.25) is 0 Å². The van der Waals surface area contributed by atoms with Crippen LogP contribution in [-0.4, -0.2) is 22.9 Å². The molecule has 1 aromatic heterocycles. The molecule has 0 saturated heterocycles. The van der Waals surface area contributed by atoms with Crippen LogP contribution in [0.25, 0.3) is 0 Å². The molecule has 0 amide bonds. The Hall–Kier alpha value is -0.900. The number of nitrogens with zero attached hydrogens (tertiary/aromatic N) is 1. The summed E-state index contributed by atoms with van der Waals surface area (Å²) in [4.78, 5) is 5.37. The van der Waals surface area contributed by atoms with Crippen LogP contribution in [0.4, 0.5) is 0 Å². The summed E-state index contributed by atoms with van der Waals surface area (Å²) in [5.41, 5.74) is -0.231. The molecule has 0 unspecified atom stereocenters. The van der Waals surface area contributed by atoms with Crippen LogP contribution in [0.2, 0.25) is 0 Å². The first kappa shape index (κ1) is 12.6. The van der Waals surface area contributed by atoms with E-state index in [2.05, 4.69) is 4.98 Å². The predicted octanol–water partition coefficient (Wildman–Crippen LogP) is 3.52. The molecule has 1 fully saturated rings. The number of rotatable bonds is 4. The van der Waals surface area contributed by atoms with Gasteiger partial charge in [0.05, 0.1) is 11.0 Å². The van der Waals surface area contributed by atoms with Gasteiger partial charge in [0.1, 0.15) is 11.4 Å². The van der Waals surface area contributed by atoms with Gasteiger partial charge in [-0.1, -0.05) is 0 Å². The summed E-state index contributed by atoms with van der Waals surface area (Å²) in [7, 11) is 0. The second-order valence-corrected chi connectivity index (χ2v) is 6.05. The van der Waals surface area contributed by atoms with Crippen molar-refractivity contribution in [2.45, 2.75) is 50.2 Å². The van der Waals surface area contributed by atoms with Crippen molar-refractivity contribution in [2.24, 2.45) is 0 Å². The van der Waals surface area contributed by atoms with Crippen molar-refractivity contribution in [3.8, 4) is 11.6 Å². The Morgan fingerprint density at radius 1 is 1.35 bits per heavy atom. The lowest BCUT2D eigenvalue weighted by Gasteiger charge is -2.21. The fourth-order valence-electron chi connectivity index (χ4n) is 1.39. The summed E-state index contributed by atoms with van der Waals surface area (Å²) < 4.78 is 11.6. The largest absolute Gasteiger partial charge is 0.489 e. The van der Waals surface area contributed by atoms with E-state index >= 15 is 0 Å². The van der Waals surface area contributed by atoms with Crippen molar-refractivity contribution in [1.82, 2.24) is 4.98 Å². The van der Waals surface area contributed by atoms with E-state index in [0.29, 0.717) is 12.0 Å². The highest BCUT2D eigenvalue weighted by Crippen LogP contribution is 2.35. The van der Waals surface area contributed by atoms with Crippen molar-refractivity contribution in [1.29, 1.82) is 0 Å². The molecule has 4 heteroatoms.